The molecule has 7 nitrogen and oxygen atoms in total. The molecule has 0 saturated heterocycles. The Morgan fingerprint density at radius 3 is 2.53 bits per heavy atom. The van der Waals surface area contributed by atoms with E-state index >= 15 is 0 Å². The molecule has 36 heavy (non-hydrogen) atoms. The van der Waals surface area contributed by atoms with Gasteiger partial charge < -0.3 is 15.4 Å². The molecule has 0 aliphatic rings. The molecule has 0 atom stereocenters. The highest BCUT2D eigenvalue weighted by Crippen LogP contribution is 2.31. The first-order valence-electron chi connectivity index (χ1n) is 11.4. The van der Waals surface area contributed by atoms with Crippen LogP contribution in [0, 0.1) is 12.7 Å². The maximum Gasteiger partial charge on any atom is 0.259 e. The molecule has 0 bridgehead atoms. The number of methoxy groups -OCH3 is 1. The van der Waals surface area contributed by atoms with Gasteiger partial charge in [-0.15, -0.1) is 0 Å². The Kier molecular flexibility index (Phi) is 6.32. The topological polar surface area (TPSA) is 81.1 Å². The SMILES string of the molecule is COc1ccc(CNc2c(C(=O)Nc3cccc(F)c3)cnc3c2c(C)nn3-c2ccccc2)cc1. The van der Waals surface area contributed by atoms with Crippen molar-refractivity contribution in [1.82, 2.24) is 14.8 Å². The van der Waals surface area contributed by atoms with Crippen LogP contribution >= 0.6 is 0 Å². The van der Waals surface area contributed by atoms with Gasteiger partial charge in [-0.2, -0.15) is 5.10 Å². The number of nitrogens with zero attached hydrogens (tertiary/aromatic N) is 3. The molecular formula is C28H24FN5O2. The van der Waals surface area contributed by atoms with Crippen LogP contribution in [-0.2, 0) is 6.54 Å². The fraction of sp³-hybridized carbons (Fsp3) is 0.107. The summed E-state index contributed by atoms with van der Waals surface area (Å²) in [5.41, 5.74) is 4.50. The molecule has 0 unspecified atom stereocenters. The zero-order chi connectivity index (χ0) is 25.1. The van der Waals surface area contributed by atoms with Crippen LogP contribution in [0.4, 0.5) is 15.8 Å². The average molecular weight is 482 g/mol. The van der Waals surface area contributed by atoms with Crippen LogP contribution in [0.2, 0.25) is 0 Å². The highest BCUT2D eigenvalue weighted by Gasteiger charge is 2.21. The van der Waals surface area contributed by atoms with Gasteiger partial charge in [0.15, 0.2) is 5.65 Å². The van der Waals surface area contributed by atoms with Crippen molar-refractivity contribution in [2.75, 3.05) is 17.7 Å². The van der Waals surface area contributed by atoms with Gasteiger partial charge in [-0.25, -0.2) is 14.1 Å². The number of amides is 1. The number of hydrogen-bond acceptors (Lipinski definition) is 5. The number of rotatable bonds is 7. The standard InChI is InChI=1S/C28H24FN5O2/c1-18-25-26(30-16-19-11-13-23(36-2)14-12-19)24(28(35)32-21-8-6-7-20(29)15-21)17-31-27(25)34(33-18)22-9-4-3-5-10-22/h3-15,17H,16H2,1-2H3,(H,30,31)(H,32,35). The van der Waals surface area contributed by atoms with Gasteiger partial charge in [-0.05, 0) is 55.0 Å². The molecule has 0 aliphatic carbocycles. The molecule has 2 heterocycles. The lowest BCUT2D eigenvalue weighted by Gasteiger charge is -2.14. The average Bonchev–Trinajstić information content (AvgIpc) is 3.24. The maximum absolute atomic E-state index is 13.7. The fourth-order valence-corrected chi connectivity index (χ4v) is 4.06. The molecule has 0 saturated carbocycles. The van der Waals surface area contributed by atoms with Crippen molar-refractivity contribution < 1.29 is 13.9 Å². The summed E-state index contributed by atoms with van der Waals surface area (Å²) in [6.45, 7) is 2.34. The summed E-state index contributed by atoms with van der Waals surface area (Å²) in [6, 6.07) is 23.2. The molecule has 180 valence electrons. The molecule has 0 radical (unpaired) electrons. The summed E-state index contributed by atoms with van der Waals surface area (Å²) >= 11 is 0. The van der Waals surface area contributed by atoms with Gasteiger partial charge in [0.2, 0.25) is 0 Å². The molecule has 5 aromatic rings. The third-order valence-corrected chi connectivity index (χ3v) is 5.83. The predicted octanol–water partition coefficient (Wildman–Crippen LogP) is 5.74. The van der Waals surface area contributed by atoms with Crippen molar-refractivity contribution in [3.8, 4) is 11.4 Å². The highest BCUT2D eigenvalue weighted by molar-refractivity contribution is 6.12. The van der Waals surface area contributed by atoms with Gasteiger partial charge in [-0.3, -0.25) is 4.79 Å². The van der Waals surface area contributed by atoms with Gasteiger partial charge in [0.05, 0.1) is 35.1 Å². The quantitative estimate of drug-likeness (QED) is 0.310. The van der Waals surface area contributed by atoms with Crippen molar-refractivity contribution in [3.63, 3.8) is 0 Å². The van der Waals surface area contributed by atoms with E-state index in [-0.39, 0.29) is 0 Å². The van der Waals surface area contributed by atoms with Crippen LogP contribution in [0.5, 0.6) is 5.75 Å². The van der Waals surface area contributed by atoms with Crippen molar-refractivity contribution in [3.05, 3.63) is 108 Å². The third kappa shape index (κ3) is 4.61. The lowest BCUT2D eigenvalue weighted by Crippen LogP contribution is -2.16. The Bertz CT molecular complexity index is 1530. The third-order valence-electron chi connectivity index (χ3n) is 5.83. The van der Waals surface area contributed by atoms with Crippen molar-refractivity contribution in [2.45, 2.75) is 13.5 Å². The van der Waals surface area contributed by atoms with E-state index in [2.05, 4.69) is 15.6 Å². The number of anilines is 2. The second-order valence-electron chi connectivity index (χ2n) is 8.24. The van der Waals surface area contributed by atoms with E-state index in [1.54, 1.807) is 23.9 Å². The second kappa shape index (κ2) is 9.87. The van der Waals surface area contributed by atoms with E-state index in [1.165, 1.54) is 18.3 Å². The Hall–Kier alpha value is -4.72. The number of para-hydroxylation sites is 1. The van der Waals surface area contributed by atoms with E-state index < -0.39 is 11.7 Å². The Balaban J connectivity index is 1.58. The number of aryl methyl sites for hydroxylation is 1. The van der Waals surface area contributed by atoms with Crippen LogP contribution in [0.1, 0.15) is 21.6 Å². The Morgan fingerprint density at radius 2 is 1.81 bits per heavy atom. The smallest absolute Gasteiger partial charge is 0.259 e. The van der Waals surface area contributed by atoms with Crippen molar-refractivity contribution in [2.24, 2.45) is 0 Å². The van der Waals surface area contributed by atoms with E-state index in [4.69, 9.17) is 9.84 Å². The van der Waals surface area contributed by atoms with Crippen molar-refractivity contribution in [1.29, 1.82) is 0 Å². The fourth-order valence-electron chi connectivity index (χ4n) is 4.06. The number of benzene rings is 3. The Labute approximate surface area is 207 Å². The molecule has 0 aliphatic heterocycles. The Morgan fingerprint density at radius 1 is 1.03 bits per heavy atom. The molecule has 8 heteroatoms. The minimum absolute atomic E-state index is 0.330. The first-order valence-corrected chi connectivity index (χ1v) is 11.4. The minimum Gasteiger partial charge on any atom is -0.497 e. The number of carbonyl (C=O) groups excluding carboxylic acids is 1. The number of aromatic nitrogens is 3. The van der Waals surface area contributed by atoms with Crippen molar-refractivity contribution >= 4 is 28.3 Å². The maximum atomic E-state index is 13.7. The number of fused-ring (bicyclic) bond motifs is 1. The van der Waals surface area contributed by atoms with Crippen LogP contribution in [0.3, 0.4) is 0 Å². The van der Waals surface area contributed by atoms with Gasteiger partial charge >= 0.3 is 0 Å². The summed E-state index contributed by atoms with van der Waals surface area (Å²) in [5.74, 6) is -0.0708. The van der Waals surface area contributed by atoms with Gasteiger partial charge in [-0.1, -0.05) is 36.4 Å². The van der Waals surface area contributed by atoms with Gasteiger partial charge in [0.1, 0.15) is 11.6 Å². The zero-order valence-corrected chi connectivity index (χ0v) is 19.8. The van der Waals surface area contributed by atoms with Crippen LogP contribution in [0.25, 0.3) is 16.7 Å². The largest absolute Gasteiger partial charge is 0.497 e. The molecule has 2 N–H and O–H groups in total. The molecule has 5 rings (SSSR count). The highest BCUT2D eigenvalue weighted by atomic mass is 19.1. The van der Waals surface area contributed by atoms with E-state index in [1.807, 2.05) is 61.5 Å². The molecule has 0 spiro atoms. The van der Waals surface area contributed by atoms with E-state index in [0.29, 0.717) is 29.1 Å². The van der Waals surface area contributed by atoms with Crippen LogP contribution in [0.15, 0.2) is 85.1 Å². The molecule has 1 amide bonds. The lowest BCUT2D eigenvalue weighted by atomic mass is 10.1. The molecule has 3 aromatic carbocycles. The first-order chi connectivity index (χ1) is 17.5. The van der Waals surface area contributed by atoms with E-state index in [9.17, 15) is 9.18 Å². The number of ether oxygens (including phenoxy) is 1. The number of nitrogens with one attached hydrogen (secondary N) is 2. The number of halogens is 1. The number of pyridine rings is 1. The van der Waals surface area contributed by atoms with Crippen LogP contribution in [-0.4, -0.2) is 27.8 Å². The normalized spacial score (nSPS) is 10.9. The molecule has 2 aromatic heterocycles. The second-order valence-corrected chi connectivity index (χ2v) is 8.24. The van der Waals surface area contributed by atoms with E-state index in [0.717, 1.165) is 28.1 Å². The molecule has 0 fully saturated rings. The van der Waals surface area contributed by atoms with Gasteiger partial charge in [0.25, 0.3) is 5.91 Å². The monoisotopic (exact) mass is 481 g/mol. The summed E-state index contributed by atoms with van der Waals surface area (Å²) in [5, 5.41) is 11.6. The van der Waals surface area contributed by atoms with Crippen LogP contribution < -0.4 is 15.4 Å². The summed E-state index contributed by atoms with van der Waals surface area (Å²) in [7, 11) is 1.62. The number of carbonyl (C=O) groups is 1. The first kappa shape index (κ1) is 23.0. The summed E-state index contributed by atoms with van der Waals surface area (Å²) in [4.78, 5) is 17.9. The zero-order valence-electron chi connectivity index (χ0n) is 19.8. The minimum atomic E-state index is -0.431. The number of hydrogen-bond donors (Lipinski definition) is 2. The summed E-state index contributed by atoms with van der Waals surface area (Å²) < 4.78 is 20.7. The lowest BCUT2D eigenvalue weighted by molar-refractivity contribution is 0.102. The van der Waals surface area contributed by atoms with Gasteiger partial charge in [0, 0.05) is 18.4 Å². The predicted molar refractivity (Wildman–Crippen MR) is 138 cm³/mol. The molecular weight excluding hydrogens is 457 g/mol. The summed E-state index contributed by atoms with van der Waals surface area (Å²) in [6.07, 6.45) is 1.52.